The van der Waals surface area contributed by atoms with Crippen LogP contribution < -0.4 is 5.32 Å². The van der Waals surface area contributed by atoms with Crippen molar-refractivity contribution in [2.45, 2.75) is 38.6 Å². The summed E-state index contributed by atoms with van der Waals surface area (Å²) < 4.78 is 26.6. The minimum absolute atomic E-state index is 0.0347. The van der Waals surface area contributed by atoms with Gasteiger partial charge in [0, 0.05) is 30.5 Å². The van der Waals surface area contributed by atoms with E-state index < -0.39 is 10.0 Å². The molecular weight excluding hydrogens is 396 g/mol. The average Bonchev–Trinajstić information content (AvgIpc) is 2.78. The van der Waals surface area contributed by atoms with E-state index in [2.05, 4.69) is 17.4 Å². The lowest BCUT2D eigenvalue weighted by molar-refractivity contribution is -0.126. The predicted molar refractivity (Wildman–Crippen MR) is 121 cm³/mol. The molecule has 5 nitrogen and oxygen atoms in total. The first-order chi connectivity index (χ1) is 14.4. The second-order valence-electron chi connectivity index (χ2n) is 7.87. The summed E-state index contributed by atoms with van der Waals surface area (Å²) in [6.45, 7) is 2.77. The van der Waals surface area contributed by atoms with Gasteiger partial charge in [0.1, 0.15) is 0 Å². The van der Waals surface area contributed by atoms with Crippen molar-refractivity contribution in [3.05, 3.63) is 77.2 Å². The Kier molecular flexibility index (Phi) is 7.82. The fraction of sp³-hybridized carbons (Fsp3) is 0.375. The molecule has 1 aliphatic rings. The van der Waals surface area contributed by atoms with Gasteiger partial charge in [0.25, 0.3) is 0 Å². The lowest BCUT2D eigenvalue weighted by Gasteiger charge is -2.30. The number of sulfonamides is 1. The first kappa shape index (κ1) is 22.2. The van der Waals surface area contributed by atoms with E-state index in [1.54, 1.807) is 6.08 Å². The zero-order chi connectivity index (χ0) is 21.4. The van der Waals surface area contributed by atoms with Crippen molar-refractivity contribution in [2.24, 2.45) is 5.92 Å². The van der Waals surface area contributed by atoms with Crippen LogP contribution in [0.2, 0.25) is 0 Å². The predicted octanol–water partition coefficient (Wildman–Crippen LogP) is 3.84. The Morgan fingerprint density at radius 3 is 2.30 bits per heavy atom. The molecule has 160 valence electrons. The van der Waals surface area contributed by atoms with Gasteiger partial charge in [0.05, 0.1) is 0 Å². The molecule has 1 aliphatic heterocycles. The minimum Gasteiger partial charge on any atom is -0.353 e. The van der Waals surface area contributed by atoms with E-state index in [1.807, 2.05) is 55.5 Å². The Balaban J connectivity index is 1.45. The van der Waals surface area contributed by atoms with Crippen molar-refractivity contribution >= 4 is 22.0 Å². The van der Waals surface area contributed by atoms with E-state index in [1.165, 1.54) is 15.3 Å². The zero-order valence-corrected chi connectivity index (χ0v) is 18.2. The average molecular weight is 427 g/mol. The van der Waals surface area contributed by atoms with Gasteiger partial charge in [-0.05, 0) is 49.8 Å². The van der Waals surface area contributed by atoms with E-state index in [9.17, 15) is 13.2 Å². The second-order valence-corrected chi connectivity index (χ2v) is 9.68. The van der Waals surface area contributed by atoms with Gasteiger partial charge in [0.15, 0.2) is 0 Å². The highest BCUT2D eigenvalue weighted by molar-refractivity contribution is 7.92. The van der Waals surface area contributed by atoms with Crippen molar-refractivity contribution in [2.75, 3.05) is 13.1 Å². The van der Waals surface area contributed by atoms with Gasteiger partial charge in [-0.3, -0.25) is 4.79 Å². The molecule has 1 heterocycles. The summed E-state index contributed by atoms with van der Waals surface area (Å²) in [5, 5.41) is 4.36. The van der Waals surface area contributed by atoms with E-state index >= 15 is 0 Å². The molecular formula is C24H30N2O3S. The summed E-state index contributed by atoms with van der Waals surface area (Å²) >= 11 is 0. The van der Waals surface area contributed by atoms with Crippen LogP contribution in [0.4, 0.5) is 0 Å². The first-order valence-corrected chi connectivity index (χ1v) is 12.0. The molecule has 0 spiro atoms. The van der Waals surface area contributed by atoms with Gasteiger partial charge in [-0.2, -0.15) is 4.31 Å². The fourth-order valence-corrected chi connectivity index (χ4v) is 4.87. The standard InChI is InChI=1S/C24H30N2O3S/c1-20(12-13-21-8-4-2-5-9-21)25-24(27)23-14-17-26(18-15-23)30(28,29)19-16-22-10-6-3-7-11-22/h2-11,16,19-20,23H,12-15,17-18H2,1H3,(H,25,27)/b19-16+/t20-/m1/s1. The van der Waals surface area contributed by atoms with Crippen molar-refractivity contribution in [3.63, 3.8) is 0 Å². The summed E-state index contributed by atoms with van der Waals surface area (Å²) in [6.07, 6.45) is 4.52. The summed E-state index contributed by atoms with van der Waals surface area (Å²) in [6, 6.07) is 19.7. The Morgan fingerprint density at radius 2 is 1.67 bits per heavy atom. The topological polar surface area (TPSA) is 66.5 Å². The third-order valence-corrected chi connectivity index (χ3v) is 7.08. The molecule has 1 amide bonds. The SMILES string of the molecule is C[C@H](CCc1ccccc1)NC(=O)C1CCN(S(=O)(=O)/C=C/c2ccccc2)CC1. The van der Waals surface area contributed by atoms with Crippen molar-refractivity contribution < 1.29 is 13.2 Å². The number of hydrogen-bond donors (Lipinski definition) is 1. The molecule has 2 aromatic carbocycles. The van der Waals surface area contributed by atoms with Crippen molar-refractivity contribution in [1.29, 1.82) is 0 Å². The number of nitrogens with zero attached hydrogens (tertiary/aromatic N) is 1. The van der Waals surface area contributed by atoms with Gasteiger partial charge < -0.3 is 5.32 Å². The molecule has 0 saturated carbocycles. The Hall–Kier alpha value is -2.44. The van der Waals surface area contributed by atoms with Crippen LogP contribution in [-0.2, 0) is 21.2 Å². The molecule has 3 rings (SSSR count). The van der Waals surface area contributed by atoms with Gasteiger partial charge >= 0.3 is 0 Å². The molecule has 0 aliphatic carbocycles. The van der Waals surface area contributed by atoms with Crippen LogP contribution in [0.25, 0.3) is 6.08 Å². The highest BCUT2D eigenvalue weighted by atomic mass is 32.2. The van der Waals surface area contributed by atoms with Crippen LogP contribution in [-0.4, -0.2) is 37.8 Å². The van der Waals surface area contributed by atoms with Crippen molar-refractivity contribution in [1.82, 2.24) is 9.62 Å². The molecule has 1 atom stereocenters. The lowest BCUT2D eigenvalue weighted by Crippen LogP contribution is -2.44. The third-order valence-electron chi connectivity index (χ3n) is 5.51. The number of carbonyl (C=O) groups is 1. The quantitative estimate of drug-likeness (QED) is 0.697. The number of carbonyl (C=O) groups excluding carboxylic acids is 1. The van der Waals surface area contributed by atoms with Crippen LogP contribution in [0.3, 0.4) is 0 Å². The van der Waals surface area contributed by atoms with Crippen LogP contribution >= 0.6 is 0 Å². The maximum absolute atomic E-state index is 12.6. The van der Waals surface area contributed by atoms with Gasteiger partial charge in [-0.1, -0.05) is 60.7 Å². The minimum atomic E-state index is -3.47. The maximum atomic E-state index is 12.6. The van der Waals surface area contributed by atoms with E-state index in [0.717, 1.165) is 18.4 Å². The smallest absolute Gasteiger partial charge is 0.236 e. The van der Waals surface area contributed by atoms with E-state index in [4.69, 9.17) is 0 Å². The normalized spacial score (nSPS) is 17.1. The van der Waals surface area contributed by atoms with Crippen LogP contribution in [0, 0.1) is 5.92 Å². The van der Waals surface area contributed by atoms with E-state index in [-0.39, 0.29) is 17.9 Å². The first-order valence-electron chi connectivity index (χ1n) is 10.5. The second kappa shape index (κ2) is 10.5. The molecule has 1 N–H and O–H groups in total. The molecule has 0 aromatic heterocycles. The number of nitrogens with one attached hydrogen (secondary N) is 1. The number of hydrogen-bond acceptors (Lipinski definition) is 3. The summed E-state index contributed by atoms with van der Waals surface area (Å²) in [5.74, 6) is -0.0961. The molecule has 6 heteroatoms. The van der Waals surface area contributed by atoms with Gasteiger partial charge in [-0.25, -0.2) is 8.42 Å². The maximum Gasteiger partial charge on any atom is 0.236 e. The molecule has 0 radical (unpaired) electrons. The summed E-state index contributed by atoms with van der Waals surface area (Å²) in [5.41, 5.74) is 2.11. The molecule has 1 fully saturated rings. The third kappa shape index (κ3) is 6.54. The summed E-state index contributed by atoms with van der Waals surface area (Å²) in [4.78, 5) is 12.6. The van der Waals surface area contributed by atoms with Crippen LogP contribution in [0.5, 0.6) is 0 Å². The fourth-order valence-electron chi connectivity index (χ4n) is 3.65. The monoisotopic (exact) mass is 426 g/mol. The Labute approximate surface area is 179 Å². The molecule has 30 heavy (non-hydrogen) atoms. The highest BCUT2D eigenvalue weighted by Crippen LogP contribution is 2.21. The molecule has 1 saturated heterocycles. The largest absolute Gasteiger partial charge is 0.353 e. The number of aryl methyl sites for hydroxylation is 1. The van der Waals surface area contributed by atoms with Crippen LogP contribution in [0.1, 0.15) is 37.3 Å². The van der Waals surface area contributed by atoms with Crippen molar-refractivity contribution in [3.8, 4) is 0 Å². The van der Waals surface area contributed by atoms with Crippen LogP contribution in [0.15, 0.2) is 66.1 Å². The Morgan fingerprint density at radius 1 is 1.07 bits per heavy atom. The molecule has 0 bridgehead atoms. The van der Waals surface area contributed by atoms with Gasteiger partial charge in [0.2, 0.25) is 15.9 Å². The number of amides is 1. The lowest BCUT2D eigenvalue weighted by atomic mass is 9.96. The molecule has 0 unspecified atom stereocenters. The summed E-state index contributed by atoms with van der Waals surface area (Å²) in [7, 11) is -3.47. The number of piperidine rings is 1. The number of benzene rings is 2. The highest BCUT2D eigenvalue weighted by Gasteiger charge is 2.30. The van der Waals surface area contributed by atoms with E-state index in [0.29, 0.717) is 25.9 Å². The zero-order valence-electron chi connectivity index (χ0n) is 17.4. The van der Waals surface area contributed by atoms with Gasteiger partial charge in [-0.15, -0.1) is 0 Å². The number of rotatable bonds is 8. The molecule has 2 aromatic rings. The Bertz CT molecular complexity index is 935.